The summed E-state index contributed by atoms with van der Waals surface area (Å²) in [5.74, 6) is -0.634. The molecule has 1 aliphatic heterocycles. The van der Waals surface area contributed by atoms with Gasteiger partial charge < -0.3 is 10.6 Å². The molecule has 24 heavy (non-hydrogen) atoms. The van der Waals surface area contributed by atoms with Gasteiger partial charge in [-0.15, -0.1) is 24.0 Å². The van der Waals surface area contributed by atoms with Crippen molar-refractivity contribution in [2.24, 2.45) is 0 Å². The Morgan fingerprint density at radius 2 is 2.04 bits per heavy atom. The third-order valence-corrected chi connectivity index (χ3v) is 5.06. The number of nitrogens with one attached hydrogen (secondary N) is 2. The molecule has 1 amide bonds. The average Bonchev–Trinajstić information content (AvgIpc) is 3.09. The molecule has 0 saturated carbocycles. The van der Waals surface area contributed by atoms with E-state index in [9.17, 15) is 10.1 Å². The zero-order chi connectivity index (χ0) is 17.1. The Bertz CT molecular complexity index is 861. The number of hydrogen-bond donors (Lipinski definition) is 3. The van der Waals surface area contributed by atoms with Gasteiger partial charge in [0.1, 0.15) is 0 Å². The first kappa shape index (κ1) is 16.4. The first-order chi connectivity index (χ1) is 11.6. The van der Waals surface area contributed by atoms with E-state index in [0.717, 1.165) is 4.88 Å². The van der Waals surface area contributed by atoms with Crippen molar-refractivity contribution in [2.45, 2.75) is 12.8 Å². The number of dihydropyridines is 1. The fourth-order valence-electron chi connectivity index (χ4n) is 2.69. The van der Waals surface area contributed by atoms with Gasteiger partial charge in [-0.25, -0.2) is 0 Å². The maximum atomic E-state index is 12.9. The molecule has 0 bridgehead atoms. The molecule has 0 fully saturated rings. The fourth-order valence-corrected chi connectivity index (χ4v) is 3.88. The Kier molecular flexibility index (Phi) is 4.74. The summed E-state index contributed by atoms with van der Waals surface area (Å²) in [6.45, 7) is 1.82. The molecule has 0 spiro atoms. The molecule has 0 radical (unpaired) electrons. The number of hydrogen-bond acceptors (Lipinski definition) is 5. The zero-order valence-corrected chi connectivity index (χ0v) is 14.6. The number of thiophene rings is 1. The van der Waals surface area contributed by atoms with Crippen molar-refractivity contribution in [2.75, 3.05) is 5.32 Å². The molecule has 1 aliphatic rings. The minimum atomic E-state index is -0.410. The Labute approximate surface area is 149 Å². The van der Waals surface area contributed by atoms with E-state index in [-0.39, 0.29) is 5.91 Å². The summed E-state index contributed by atoms with van der Waals surface area (Å²) in [4.78, 5) is 13.8. The molecule has 1 atom stereocenters. The van der Waals surface area contributed by atoms with Crippen LogP contribution in [0.4, 0.5) is 5.69 Å². The number of carbonyl (C=O) groups excluding carboxylic acids is 1. The first-order valence-corrected chi connectivity index (χ1v) is 8.65. The Hall–Kier alpha value is -2.49. The molecule has 120 valence electrons. The van der Waals surface area contributed by atoms with Crippen molar-refractivity contribution >= 4 is 35.6 Å². The molecular weight excluding hydrogens is 338 g/mol. The van der Waals surface area contributed by atoms with Crippen LogP contribution in [0.5, 0.6) is 0 Å². The van der Waals surface area contributed by atoms with E-state index >= 15 is 0 Å². The quantitative estimate of drug-likeness (QED) is 0.731. The molecule has 2 heterocycles. The molecule has 0 saturated heterocycles. The third-order valence-electron chi connectivity index (χ3n) is 3.77. The lowest BCUT2D eigenvalue weighted by Gasteiger charge is -2.27. The average molecular weight is 353 g/mol. The number of amides is 1. The Balaban J connectivity index is 2.02. The minimum absolute atomic E-state index is 0.224. The lowest BCUT2D eigenvalue weighted by Crippen LogP contribution is -2.29. The van der Waals surface area contributed by atoms with Crippen LogP contribution in [0.1, 0.15) is 17.7 Å². The molecule has 3 rings (SSSR count). The number of thiol groups is 1. The summed E-state index contributed by atoms with van der Waals surface area (Å²) in [5.41, 5.74) is 2.40. The topological polar surface area (TPSA) is 64.9 Å². The number of nitriles is 1. The van der Waals surface area contributed by atoms with E-state index < -0.39 is 5.92 Å². The highest BCUT2D eigenvalue weighted by Gasteiger charge is 2.34. The van der Waals surface area contributed by atoms with E-state index in [2.05, 4.69) is 29.3 Å². The summed E-state index contributed by atoms with van der Waals surface area (Å²) in [7, 11) is 0. The van der Waals surface area contributed by atoms with Crippen molar-refractivity contribution in [3.8, 4) is 6.07 Å². The monoisotopic (exact) mass is 353 g/mol. The SMILES string of the molecule is CC1=C(C(=O)Nc2ccccc2)[C@H](c2cccs2)C(C#N)=C(S)N1. The summed E-state index contributed by atoms with van der Waals surface area (Å²) in [5, 5.41) is 17.9. The van der Waals surface area contributed by atoms with Crippen LogP contribution in [0, 0.1) is 11.3 Å². The molecule has 4 nitrogen and oxygen atoms in total. The van der Waals surface area contributed by atoms with Crippen LogP contribution in [0.2, 0.25) is 0 Å². The lowest BCUT2D eigenvalue weighted by atomic mass is 9.86. The highest BCUT2D eigenvalue weighted by Crippen LogP contribution is 2.40. The maximum Gasteiger partial charge on any atom is 0.254 e. The van der Waals surface area contributed by atoms with Crippen LogP contribution in [0.15, 0.2) is 69.7 Å². The summed E-state index contributed by atoms with van der Waals surface area (Å²) in [6.07, 6.45) is 0. The van der Waals surface area contributed by atoms with Crippen LogP contribution in [0.25, 0.3) is 0 Å². The normalized spacial score (nSPS) is 17.3. The highest BCUT2D eigenvalue weighted by atomic mass is 32.1. The lowest BCUT2D eigenvalue weighted by molar-refractivity contribution is -0.113. The van der Waals surface area contributed by atoms with Gasteiger partial charge in [0.25, 0.3) is 5.91 Å². The second-order valence-electron chi connectivity index (χ2n) is 5.31. The third kappa shape index (κ3) is 3.09. The Morgan fingerprint density at radius 1 is 1.29 bits per heavy atom. The largest absolute Gasteiger partial charge is 0.353 e. The molecule has 2 aromatic rings. The summed E-state index contributed by atoms with van der Waals surface area (Å²) in [6, 6.07) is 15.3. The Morgan fingerprint density at radius 3 is 2.67 bits per heavy atom. The first-order valence-electron chi connectivity index (χ1n) is 7.32. The summed E-state index contributed by atoms with van der Waals surface area (Å²) >= 11 is 5.90. The second kappa shape index (κ2) is 6.95. The number of para-hydroxylation sites is 1. The molecule has 6 heteroatoms. The molecule has 0 aliphatic carbocycles. The van der Waals surface area contributed by atoms with Crippen LogP contribution in [-0.4, -0.2) is 5.91 Å². The van der Waals surface area contributed by atoms with Crippen LogP contribution >= 0.6 is 24.0 Å². The molecule has 1 aromatic carbocycles. The van der Waals surface area contributed by atoms with Gasteiger partial charge in [-0.2, -0.15) is 5.26 Å². The highest BCUT2D eigenvalue weighted by molar-refractivity contribution is 7.84. The number of benzene rings is 1. The van der Waals surface area contributed by atoms with Crippen molar-refractivity contribution in [3.63, 3.8) is 0 Å². The number of carbonyl (C=O) groups is 1. The van der Waals surface area contributed by atoms with Crippen molar-refractivity contribution in [1.29, 1.82) is 5.26 Å². The van der Waals surface area contributed by atoms with Crippen LogP contribution in [-0.2, 0) is 4.79 Å². The maximum absolute atomic E-state index is 12.9. The van der Waals surface area contributed by atoms with Gasteiger partial charge in [0.15, 0.2) is 0 Å². The van der Waals surface area contributed by atoms with Crippen molar-refractivity contribution in [1.82, 2.24) is 5.32 Å². The van der Waals surface area contributed by atoms with E-state index in [0.29, 0.717) is 27.6 Å². The number of rotatable bonds is 3. The second-order valence-corrected chi connectivity index (χ2v) is 6.73. The van der Waals surface area contributed by atoms with Gasteiger partial charge in [-0.05, 0) is 30.5 Å². The van der Waals surface area contributed by atoms with E-state index in [1.165, 1.54) is 11.3 Å². The van der Waals surface area contributed by atoms with E-state index in [1.54, 1.807) is 0 Å². The fraction of sp³-hybridized carbons (Fsp3) is 0.111. The number of allylic oxidation sites excluding steroid dienone is 2. The van der Waals surface area contributed by atoms with Gasteiger partial charge in [0.05, 0.1) is 22.6 Å². The predicted octanol–water partition coefficient (Wildman–Crippen LogP) is 4.01. The number of nitrogens with zero attached hydrogens (tertiary/aromatic N) is 1. The molecular formula is C18H15N3OS2. The van der Waals surface area contributed by atoms with Gasteiger partial charge >= 0.3 is 0 Å². The van der Waals surface area contributed by atoms with E-state index in [1.807, 2.05) is 54.8 Å². The van der Waals surface area contributed by atoms with Crippen LogP contribution < -0.4 is 10.6 Å². The standard InChI is InChI=1S/C18H15N3OS2/c1-11-15(17(22)21-12-6-3-2-4-7-12)16(14-8-5-9-24-14)13(10-19)18(23)20-11/h2-9,16,20,23H,1H3,(H,21,22)/t16-/m0/s1. The van der Waals surface area contributed by atoms with Crippen LogP contribution in [0.3, 0.4) is 0 Å². The zero-order valence-electron chi connectivity index (χ0n) is 12.9. The van der Waals surface area contributed by atoms with Crippen molar-refractivity contribution in [3.05, 3.63) is 74.6 Å². The smallest absolute Gasteiger partial charge is 0.254 e. The van der Waals surface area contributed by atoms with Gasteiger partial charge in [0, 0.05) is 21.8 Å². The molecule has 0 unspecified atom stereocenters. The van der Waals surface area contributed by atoms with Gasteiger partial charge in [-0.3, -0.25) is 4.79 Å². The molecule has 1 aromatic heterocycles. The van der Waals surface area contributed by atoms with Crippen molar-refractivity contribution < 1.29 is 4.79 Å². The van der Waals surface area contributed by atoms with Gasteiger partial charge in [-0.1, -0.05) is 24.3 Å². The molecule has 2 N–H and O–H groups in total. The summed E-state index contributed by atoms with van der Waals surface area (Å²) < 4.78 is 0. The minimum Gasteiger partial charge on any atom is -0.353 e. The van der Waals surface area contributed by atoms with Gasteiger partial charge in [0.2, 0.25) is 0 Å². The van der Waals surface area contributed by atoms with E-state index in [4.69, 9.17) is 0 Å². The predicted molar refractivity (Wildman–Crippen MR) is 99.6 cm³/mol. The number of anilines is 1.